The van der Waals surface area contributed by atoms with Gasteiger partial charge in [-0.3, -0.25) is 9.59 Å². The first-order valence-electron chi connectivity index (χ1n) is 6.77. The number of aliphatic hydroxyl groups is 1. The molecule has 102 valence electrons. The molecule has 0 amide bonds. The van der Waals surface area contributed by atoms with E-state index in [0.717, 1.165) is 0 Å². The van der Waals surface area contributed by atoms with E-state index in [4.69, 9.17) is 4.74 Å². The van der Waals surface area contributed by atoms with Gasteiger partial charge in [-0.2, -0.15) is 0 Å². The molecule has 2 unspecified atom stereocenters. The van der Waals surface area contributed by atoms with Crippen LogP contribution in [0.15, 0.2) is 22.7 Å². The van der Waals surface area contributed by atoms with Crippen molar-refractivity contribution < 1.29 is 19.4 Å². The van der Waals surface area contributed by atoms with Crippen LogP contribution in [0.3, 0.4) is 0 Å². The fourth-order valence-corrected chi connectivity index (χ4v) is 3.74. The van der Waals surface area contributed by atoms with Crippen LogP contribution in [0.2, 0.25) is 0 Å². The van der Waals surface area contributed by atoms with Gasteiger partial charge in [0.15, 0.2) is 5.76 Å². The van der Waals surface area contributed by atoms with Gasteiger partial charge in [0.2, 0.25) is 5.78 Å². The largest absolute Gasteiger partial charge is 0.504 e. The molecule has 0 bridgehead atoms. The van der Waals surface area contributed by atoms with Crippen molar-refractivity contribution in [2.24, 2.45) is 23.7 Å². The minimum atomic E-state index is -0.351. The maximum atomic E-state index is 12.3. The molecule has 3 rings (SSSR count). The van der Waals surface area contributed by atoms with Gasteiger partial charge in [0, 0.05) is 23.8 Å². The van der Waals surface area contributed by atoms with E-state index in [0.29, 0.717) is 29.9 Å². The van der Waals surface area contributed by atoms with E-state index in [1.165, 1.54) is 0 Å². The summed E-state index contributed by atoms with van der Waals surface area (Å²) in [5, 5.41) is 10.2. The van der Waals surface area contributed by atoms with Crippen molar-refractivity contribution in [3.05, 3.63) is 22.7 Å². The smallest absolute Gasteiger partial charge is 0.226 e. The maximum Gasteiger partial charge on any atom is 0.226 e. The van der Waals surface area contributed by atoms with Crippen molar-refractivity contribution >= 4 is 11.6 Å². The molecule has 0 aromatic carbocycles. The quantitative estimate of drug-likeness (QED) is 0.726. The van der Waals surface area contributed by atoms with Gasteiger partial charge in [0.25, 0.3) is 0 Å². The zero-order valence-electron chi connectivity index (χ0n) is 11.4. The molecule has 1 heterocycles. The molecule has 1 saturated heterocycles. The average molecular weight is 262 g/mol. The lowest BCUT2D eigenvalue weighted by molar-refractivity contribution is -0.133. The third-order valence-electron chi connectivity index (χ3n) is 4.70. The van der Waals surface area contributed by atoms with Gasteiger partial charge in [-0.15, -0.1) is 0 Å². The average Bonchev–Trinajstić information content (AvgIpc) is 2.35. The molecule has 0 spiro atoms. The van der Waals surface area contributed by atoms with E-state index in [2.05, 4.69) is 0 Å². The molecule has 1 N–H and O–H groups in total. The van der Waals surface area contributed by atoms with Crippen LogP contribution < -0.4 is 0 Å². The number of Topliss-reactive ketones (excluding diaryl/α,β-unsaturated/α-hetero) is 2. The normalized spacial score (nSPS) is 38.3. The Morgan fingerprint density at radius 1 is 1.26 bits per heavy atom. The van der Waals surface area contributed by atoms with E-state index in [9.17, 15) is 14.7 Å². The Morgan fingerprint density at radius 3 is 2.63 bits per heavy atom. The Morgan fingerprint density at radius 2 is 1.95 bits per heavy atom. The monoisotopic (exact) mass is 262 g/mol. The fourth-order valence-electron chi connectivity index (χ4n) is 3.74. The van der Waals surface area contributed by atoms with Gasteiger partial charge in [0.05, 0.1) is 12.5 Å². The summed E-state index contributed by atoms with van der Waals surface area (Å²) in [5.74, 6) is -0.0138. The highest BCUT2D eigenvalue weighted by molar-refractivity contribution is 6.09. The highest BCUT2D eigenvalue weighted by atomic mass is 16.5. The summed E-state index contributed by atoms with van der Waals surface area (Å²) in [6.07, 6.45) is 0.407. The third-order valence-corrected chi connectivity index (χ3v) is 4.70. The number of aliphatic hydroxyl groups excluding tert-OH is 1. The van der Waals surface area contributed by atoms with E-state index in [1.54, 1.807) is 6.92 Å². The van der Waals surface area contributed by atoms with Crippen LogP contribution in [-0.4, -0.2) is 23.3 Å². The van der Waals surface area contributed by atoms with E-state index in [-0.39, 0.29) is 41.0 Å². The minimum absolute atomic E-state index is 0.0882. The van der Waals surface area contributed by atoms with Crippen molar-refractivity contribution in [2.75, 3.05) is 6.61 Å². The summed E-state index contributed by atoms with van der Waals surface area (Å²) in [6, 6.07) is 0. The summed E-state index contributed by atoms with van der Waals surface area (Å²) in [6.45, 7) is 6.02. The van der Waals surface area contributed by atoms with Crippen LogP contribution in [0.4, 0.5) is 0 Å². The van der Waals surface area contributed by atoms with Crippen molar-refractivity contribution in [3.8, 4) is 0 Å². The zero-order valence-corrected chi connectivity index (χ0v) is 11.4. The van der Waals surface area contributed by atoms with Crippen LogP contribution in [0.5, 0.6) is 0 Å². The number of rotatable bonds is 0. The molecular weight excluding hydrogens is 244 g/mol. The Kier molecular flexibility index (Phi) is 2.59. The summed E-state index contributed by atoms with van der Waals surface area (Å²) < 4.78 is 5.72. The van der Waals surface area contributed by atoms with Crippen molar-refractivity contribution in [1.29, 1.82) is 0 Å². The predicted octanol–water partition coefficient (Wildman–Crippen LogP) is 2.16. The Bertz CT molecular complexity index is 540. The first kappa shape index (κ1) is 12.5. The number of carbonyl (C=O) groups excluding carboxylic acids is 2. The van der Waals surface area contributed by atoms with Crippen LogP contribution in [0, 0.1) is 23.7 Å². The summed E-state index contributed by atoms with van der Waals surface area (Å²) in [4.78, 5) is 24.4. The second-order valence-corrected chi connectivity index (χ2v) is 5.99. The molecule has 4 nitrogen and oxygen atoms in total. The van der Waals surface area contributed by atoms with Crippen LogP contribution in [0.25, 0.3) is 0 Å². The zero-order chi connectivity index (χ0) is 13.9. The Labute approximate surface area is 112 Å². The first-order chi connectivity index (χ1) is 8.93. The predicted molar refractivity (Wildman–Crippen MR) is 68.2 cm³/mol. The maximum absolute atomic E-state index is 12.3. The summed E-state index contributed by atoms with van der Waals surface area (Å²) in [5.41, 5.74) is 1.16. The summed E-state index contributed by atoms with van der Waals surface area (Å²) >= 11 is 0. The molecular formula is C15H18O4. The van der Waals surface area contributed by atoms with Crippen molar-refractivity contribution in [3.63, 3.8) is 0 Å². The standard InChI is InChI=1S/C15H18O4/c1-6-4-9(16)10-7(2)5-19-15-8(3)13(17)14(18)11(6)12(10)15/h6-7,10,12,18H,4-5H2,1-3H3/t6-,7+,10?,12?/m0/s1. The molecule has 0 aromatic rings. The molecule has 4 atom stereocenters. The number of hydrogen-bond donors (Lipinski definition) is 1. The third kappa shape index (κ3) is 1.52. The van der Waals surface area contributed by atoms with E-state index in [1.807, 2.05) is 13.8 Å². The molecule has 1 aliphatic heterocycles. The molecule has 2 fully saturated rings. The second-order valence-electron chi connectivity index (χ2n) is 5.99. The Balaban J connectivity index is 2.20. The number of ketones is 2. The highest BCUT2D eigenvalue weighted by Crippen LogP contribution is 2.50. The van der Waals surface area contributed by atoms with Gasteiger partial charge in [-0.1, -0.05) is 13.8 Å². The van der Waals surface area contributed by atoms with Gasteiger partial charge in [-0.05, 0) is 18.4 Å². The number of ether oxygens (including phenoxy) is 1. The van der Waals surface area contributed by atoms with Crippen molar-refractivity contribution in [2.45, 2.75) is 27.2 Å². The molecule has 1 saturated carbocycles. The molecule has 2 aliphatic carbocycles. The Hall–Kier alpha value is -1.58. The topological polar surface area (TPSA) is 63.6 Å². The summed E-state index contributed by atoms with van der Waals surface area (Å²) in [7, 11) is 0. The van der Waals surface area contributed by atoms with E-state index >= 15 is 0 Å². The molecule has 4 heteroatoms. The number of allylic oxidation sites excluding steroid dienone is 2. The minimum Gasteiger partial charge on any atom is -0.504 e. The lowest BCUT2D eigenvalue weighted by Crippen LogP contribution is -2.47. The van der Waals surface area contributed by atoms with Gasteiger partial charge >= 0.3 is 0 Å². The van der Waals surface area contributed by atoms with Crippen LogP contribution >= 0.6 is 0 Å². The van der Waals surface area contributed by atoms with Gasteiger partial charge in [-0.25, -0.2) is 0 Å². The molecule has 3 aliphatic rings. The second kappa shape index (κ2) is 3.95. The van der Waals surface area contributed by atoms with Crippen LogP contribution in [-0.2, 0) is 14.3 Å². The van der Waals surface area contributed by atoms with Crippen LogP contribution in [0.1, 0.15) is 27.2 Å². The molecule has 0 aromatic heterocycles. The molecule has 19 heavy (non-hydrogen) atoms. The van der Waals surface area contributed by atoms with Crippen molar-refractivity contribution in [1.82, 2.24) is 0 Å². The van der Waals surface area contributed by atoms with Gasteiger partial charge < -0.3 is 9.84 Å². The number of carbonyl (C=O) groups is 2. The highest BCUT2D eigenvalue weighted by Gasteiger charge is 2.51. The lowest BCUT2D eigenvalue weighted by atomic mass is 9.61. The SMILES string of the molecule is CC1=C2OC[C@@H](C)C3C(=O)C[C@H](C)C(=C(O)C1=O)C23. The fraction of sp³-hybridized carbons (Fsp3) is 0.600. The first-order valence-corrected chi connectivity index (χ1v) is 6.77. The van der Waals surface area contributed by atoms with E-state index < -0.39 is 0 Å². The van der Waals surface area contributed by atoms with Gasteiger partial charge in [0.1, 0.15) is 11.5 Å². The number of hydrogen-bond acceptors (Lipinski definition) is 4. The molecule has 0 radical (unpaired) electrons. The lowest BCUT2D eigenvalue weighted by Gasteiger charge is -2.46.